The molecule has 3 nitrogen and oxygen atoms in total. The first-order chi connectivity index (χ1) is 6.29. The van der Waals surface area contributed by atoms with Crippen LogP contribution >= 0.6 is 0 Å². The van der Waals surface area contributed by atoms with E-state index < -0.39 is 12.2 Å². The molecule has 0 radical (unpaired) electrons. The molecule has 13 heavy (non-hydrogen) atoms. The maximum atomic E-state index is 11.5. The smallest absolute Gasteiger partial charge is 0.195 e. The second-order valence-corrected chi connectivity index (χ2v) is 3.25. The summed E-state index contributed by atoms with van der Waals surface area (Å²) < 4.78 is 4.99. The normalized spacial score (nSPS) is 29.5. The fourth-order valence-electron chi connectivity index (χ4n) is 1.73. The minimum atomic E-state index is -0.484. The summed E-state index contributed by atoms with van der Waals surface area (Å²) in [5.41, 5.74) is 1.01. The van der Waals surface area contributed by atoms with Crippen LogP contribution in [0.5, 0.6) is 0 Å². The van der Waals surface area contributed by atoms with Crippen molar-refractivity contribution in [2.45, 2.75) is 12.2 Å². The Hall–Kier alpha value is -1.48. The van der Waals surface area contributed by atoms with Gasteiger partial charge in [-0.2, -0.15) is 0 Å². The van der Waals surface area contributed by atoms with E-state index in [-0.39, 0.29) is 11.6 Å². The van der Waals surface area contributed by atoms with E-state index in [4.69, 9.17) is 4.74 Å². The van der Waals surface area contributed by atoms with Gasteiger partial charge in [0, 0.05) is 11.1 Å². The zero-order chi connectivity index (χ0) is 9.00. The van der Waals surface area contributed by atoms with Gasteiger partial charge in [0.25, 0.3) is 0 Å². The van der Waals surface area contributed by atoms with Crippen LogP contribution in [0.2, 0.25) is 0 Å². The summed E-state index contributed by atoms with van der Waals surface area (Å²) in [6, 6.07) is 6.86. The minimum Gasteiger partial charge on any atom is -0.352 e. The van der Waals surface area contributed by atoms with E-state index in [1.807, 2.05) is 0 Å². The van der Waals surface area contributed by atoms with Crippen molar-refractivity contribution >= 4 is 11.6 Å². The molecule has 1 aliphatic heterocycles. The fraction of sp³-hybridized carbons (Fsp3) is 0.200. The van der Waals surface area contributed by atoms with Crippen LogP contribution in [0.4, 0.5) is 0 Å². The highest BCUT2D eigenvalue weighted by Crippen LogP contribution is 2.35. The average molecular weight is 174 g/mol. The maximum absolute atomic E-state index is 11.5. The van der Waals surface area contributed by atoms with Gasteiger partial charge in [-0.25, -0.2) is 0 Å². The van der Waals surface area contributed by atoms with Gasteiger partial charge >= 0.3 is 0 Å². The van der Waals surface area contributed by atoms with Gasteiger partial charge in [0.2, 0.25) is 0 Å². The molecule has 0 amide bonds. The van der Waals surface area contributed by atoms with Crippen molar-refractivity contribution in [3.05, 3.63) is 35.4 Å². The van der Waals surface area contributed by atoms with Crippen molar-refractivity contribution < 1.29 is 14.3 Å². The van der Waals surface area contributed by atoms with Gasteiger partial charge in [-0.1, -0.05) is 24.3 Å². The second-order valence-electron chi connectivity index (χ2n) is 3.25. The SMILES string of the molecule is O=C1c2ccccc2C(=O)[C@H]2O[C@H]12. The second kappa shape index (κ2) is 2.06. The van der Waals surface area contributed by atoms with Crippen molar-refractivity contribution in [3.8, 4) is 0 Å². The molecule has 1 fully saturated rings. The summed E-state index contributed by atoms with van der Waals surface area (Å²) in [5, 5.41) is 0. The van der Waals surface area contributed by atoms with Crippen molar-refractivity contribution in [1.29, 1.82) is 0 Å². The molecule has 64 valence electrons. The highest BCUT2D eigenvalue weighted by atomic mass is 16.6. The molecular weight excluding hydrogens is 168 g/mol. The van der Waals surface area contributed by atoms with Gasteiger partial charge in [0.1, 0.15) is 0 Å². The first kappa shape index (κ1) is 6.97. The van der Waals surface area contributed by atoms with E-state index in [2.05, 4.69) is 0 Å². The number of epoxide rings is 1. The number of carbonyl (C=O) groups is 2. The predicted molar refractivity (Wildman–Crippen MR) is 43.8 cm³/mol. The van der Waals surface area contributed by atoms with Crippen molar-refractivity contribution in [2.24, 2.45) is 0 Å². The number of benzene rings is 1. The van der Waals surface area contributed by atoms with E-state index in [1.54, 1.807) is 24.3 Å². The lowest BCUT2D eigenvalue weighted by molar-refractivity contribution is 0.0922. The molecule has 1 saturated heterocycles. The van der Waals surface area contributed by atoms with Crippen LogP contribution in [-0.2, 0) is 4.74 Å². The van der Waals surface area contributed by atoms with Gasteiger partial charge in [0.15, 0.2) is 23.8 Å². The molecule has 1 aromatic carbocycles. The van der Waals surface area contributed by atoms with Gasteiger partial charge < -0.3 is 4.74 Å². The van der Waals surface area contributed by atoms with Crippen LogP contribution in [0.3, 0.4) is 0 Å². The van der Waals surface area contributed by atoms with Crippen LogP contribution in [0.25, 0.3) is 0 Å². The Morgan fingerprint density at radius 1 is 0.923 bits per heavy atom. The summed E-state index contributed by atoms with van der Waals surface area (Å²) >= 11 is 0. The third-order valence-corrected chi connectivity index (χ3v) is 2.47. The lowest BCUT2D eigenvalue weighted by atomic mass is 9.90. The molecular formula is C10H6O3. The lowest BCUT2D eigenvalue weighted by Gasteiger charge is -2.08. The standard InChI is InChI=1S/C10H6O3/c11-7-5-3-1-2-4-6(5)8(12)10-9(7)13-10/h1-4,9-10H/t9-,10-/m1/s1. The Kier molecular flexibility index (Phi) is 1.10. The molecule has 2 aliphatic rings. The van der Waals surface area contributed by atoms with Gasteiger partial charge in [-0.15, -0.1) is 0 Å². The molecule has 0 aromatic heterocycles. The number of fused-ring (bicyclic) bond motifs is 2. The molecule has 1 heterocycles. The summed E-state index contributed by atoms with van der Waals surface area (Å²) in [5.74, 6) is -0.111. The summed E-state index contributed by atoms with van der Waals surface area (Å²) in [6.45, 7) is 0. The molecule has 0 saturated carbocycles. The largest absolute Gasteiger partial charge is 0.352 e. The van der Waals surface area contributed by atoms with Crippen molar-refractivity contribution in [2.75, 3.05) is 0 Å². The number of Topliss-reactive ketones (excluding diaryl/α,β-unsaturated/α-hetero) is 2. The fourth-order valence-corrected chi connectivity index (χ4v) is 1.73. The summed E-state index contributed by atoms with van der Waals surface area (Å²) in [6.07, 6.45) is -0.968. The molecule has 1 aliphatic carbocycles. The van der Waals surface area contributed by atoms with E-state index >= 15 is 0 Å². The van der Waals surface area contributed by atoms with E-state index in [0.717, 1.165) is 0 Å². The van der Waals surface area contributed by atoms with Gasteiger partial charge in [-0.3, -0.25) is 9.59 Å². The monoisotopic (exact) mass is 174 g/mol. The summed E-state index contributed by atoms with van der Waals surface area (Å²) in [7, 11) is 0. The van der Waals surface area contributed by atoms with Crippen LogP contribution in [0.1, 0.15) is 20.7 Å². The van der Waals surface area contributed by atoms with Crippen LogP contribution < -0.4 is 0 Å². The van der Waals surface area contributed by atoms with E-state index in [1.165, 1.54) is 0 Å². The third kappa shape index (κ3) is 0.769. The van der Waals surface area contributed by atoms with E-state index in [0.29, 0.717) is 11.1 Å². The number of ether oxygens (including phenoxy) is 1. The molecule has 1 aromatic rings. The zero-order valence-corrected chi connectivity index (χ0v) is 6.69. The molecule has 3 heteroatoms. The quantitative estimate of drug-likeness (QED) is 0.547. The topological polar surface area (TPSA) is 46.7 Å². The minimum absolute atomic E-state index is 0.0554. The Labute approximate surface area is 74.3 Å². The van der Waals surface area contributed by atoms with Gasteiger partial charge in [-0.05, 0) is 0 Å². The number of hydrogen-bond acceptors (Lipinski definition) is 3. The number of rotatable bonds is 0. The molecule has 3 rings (SSSR count). The first-order valence-corrected chi connectivity index (χ1v) is 4.12. The van der Waals surface area contributed by atoms with Crippen LogP contribution in [-0.4, -0.2) is 23.8 Å². The molecule has 2 atom stereocenters. The number of hydrogen-bond donors (Lipinski definition) is 0. The zero-order valence-electron chi connectivity index (χ0n) is 6.69. The highest BCUT2D eigenvalue weighted by molar-refractivity contribution is 6.20. The Balaban J connectivity index is 2.26. The number of ketones is 2. The average Bonchev–Trinajstić information content (AvgIpc) is 2.94. The third-order valence-electron chi connectivity index (χ3n) is 2.47. The van der Waals surface area contributed by atoms with Crippen molar-refractivity contribution in [3.63, 3.8) is 0 Å². The van der Waals surface area contributed by atoms with Crippen LogP contribution in [0, 0.1) is 0 Å². The Bertz CT molecular complexity index is 383. The predicted octanol–water partition coefficient (Wildman–Crippen LogP) is 0.833. The molecule has 0 spiro atoms. The first-order valence-electron chi connectivity index (χ1n) is 4.12. The Morgan fingerprint density at radius 2 is 1.38 bits per heavy atom. The Morgan fingerprint density at radius 3 is 1.85 bits per heavy atom. The molecule has 0 unspecified atom stereocenters. The lowest BCUT2D eigenvalue weighted by Crippen LogP contribution is -2.25. The maximum Gasteiger partial charge on any atom is 0.195 e. The van der Waals surface area contributed by atoms with Crippen LogP contribution in [0.15, 0.2) is 24.3 Å². The molecule has 0 N–H and O–H groups in total. The highest BCUT2D eigenvalue weighted by Gasteiger charge is 2.54. The summed E-state index contributed by atoms with van der Waals surface area (Å²) in [4.78, 5) is 23.1. The molecule has 0 bridgehead atoms. The van der Waals surface area contributed by atoms with Crippen molar-refractivity contribution in [1.82, 2.24) is 0 Å². The van der Waals surface area contributed by atoms with Gasteiger partial charge in [0.05, 0.1) is 0 Å². The number of carbonyl (C=O) groups excluding carboxylic acids is 2. The van der Waals surface area contributed by atoms with E-state index in [9.17, 15) is 9.59 Å².